The maximum Gasteiger partial charge on any atom is 0.233 e. The molecule has 0 spiro atoms. The normalized spacial score (nSPS) is 26.7. The molecular formula is C12H23NOS. The first-order valence-electron chi connectivity index (χ1n) is 5.83. The Kier molecular flexibility index (Phi) is 4.10. The molecule has 1 rings (SSSR count). The lowest BCUT2D eigenvalue weighted by Gasteiger charge is -2.29. The van der Waals surface area contributed by atoms with Gasteiger partial charge in [0, 0.05) is 6.04 Å². The van der Waals surface area contributed by atoms with Gasteiger partial charge in [-0.2, -0.15) is 12.6 Å². The molecule has 1 aliphatic rings. The lowest BCUT2D eigenvalue weighted by molar-refractivity contribution is -0.122. The van der Waals surface area contributed by atoms with Crippen LogP contribution in [0.3, 0.4) is 0 Å². The van der Waals surface area contributed by atoms with Gasteiger partial charge in [0.05, 0.1) is 5.25 Å². The van der Waals surface area contributed by atoms with Gasteiger partial charge in [-0.1, -0.05) is 34.1 Å². The summed E-state index contributed by atoms with van der Waals surface area (Å²) in [5.74, 6) is 0.381. The van der Waals surface area contributed by atoms with Gasteiger partial charge in [-0.15, -0.1) is 0 Å². The topological polar surface area (TPSA) is 29.1 Å². The summed E-state index contributed by atoms with van der Waals surface area (Å²) in [7, 11) is 0. The first kappa shape index (κ1) is 12.9. The summed E-state index contributed by atoms with van der Waals surface area (Å²) in [6, 6.07) is 0.332. The molecule has 2 unspecified atom stereocenters. The third-order valence-electron chi connectivity index (χ3n) is 3.47. The van der Waals surface area contributed by atoms with Crippen molar-refractivity contribution in [3.8, 4) is 0 Å². The molecule has 0 radical (unpaired) electrons. The molecule has 1 amide bonds. The molecule has 0 aromatic heterocycles. The minimum atomic E-state index is -0.179. The second-order valence-corrected chi connectivity index (χ2v) is 6.19. The van der Waals surface area contributed by atoms with Crippen molar-refractivity contribution in [1.82, 2.24) is 5.32 Å². The van der Waals surface area contributed by atoms with E-state index in [0.29, 0.717) is 6.04 Å². The van der Waals surface area contributed by atoms with Crippen molar-refractivity contribution in [3.05, 3.63) is 0 Å². The van der Waals surface area contributed by atoms with Crippen LogP contribution in [0.25, 0.3) is 0 Å². The Balaban J connectivity index is 2.51. The van der Waals surface area contributed by atoms with Crippen molar-refractivity contribution in [3.63, 3.8) is 0 Å². The van der Waals surface area contributed by atoms with Crippen LogP contribution in [0.1, 0.15) is 47.0 Å². The van der Waals surface area contributed by atoms with Crippen molar-refractivity contribution < 1.29 is 4.79 Å². The first-order valence-corrected chi connectivity index (χ1v) is 6.34. The minimum Gasteiger partial charge on any atom is -0.352 e. The summed E-state index contributed by atoms with van der Waals surface area (Å²) < 4.78 is 0. The van der Waals surface area contributed by atoms with Gasteiger partial charge in [0.2, 0.25) is 5.91 Å². The summed E-state index contributed by atoms with van der Waals surface area (Å²) in [5.41, 5.74) is 0.250. The summed E-state index contributed by atoms with van der Waals surface area (Å²) in [5, 5.41) is 2.96. The number of hydrogen-bond donors (Lipinski definition) is 2. The Morgan fingerprint density at radius 1 is 1.47 bits per heavy atom. The maximum atomic E-state index is 11.8. The molecule has 15 heavy (non-hydrogen) atoms. The van der Waals surface area contributed by atoms with E-state index in [4.69, 9.17) is 0 Å². The number of thiol groups is 1. The van der Waals surface area contributed by atoms with Crippen LogP contribution in [-0.2, 0) is 4.79 Å². The van der Waals surface area contributed by atoms with Gasteiger partial charge in [-0.05, 0) is 24.2 Å². The van der Waals surface area contributed by atoms with Crippen molar-refractivity contribution >= 4 is 18.5 Å². The van der Waals surface area contributed by atoms with Gasteiger partial charge in [-0.3, -0.25) is 4.79 Å². The van der Waals surface area contributed by atoms with E-state index in [1.54, 1.807) is 0 Å². The van der Waals surface area contributed by atoms with E-state index in [1.165, 1.54) is 12.8 Å². The lowest BCUT2D eigenvalue weighted by Crippen LogP contribution is -2.45. The van der Waals surface area contributed by atoms with Crippen LogP contribution in [0.4, 0.5) is 0 Å². The highest BCUT2D eigenvalue weighted by Gasteiger charge is 2.36. The summed E-state index contributed by atoms with van der Waals surface area (Å²) >= 11 is 4.34. The number of carbonyl (C=O) groups excluding carboxylic acids is 1. The molecule has 2 nitrogen and oxygen atoms in total. The SMILES string of the molecule is CC(C)C(S)C(=O)NC1CCCC1(C)C. The molecule has 0 bridgehead atoms. The molecule has 0 heterocycles. The fourth-order valence-corrected chi connectivity index (χ4v) is 2.23. The van der Waals surface area contributed by atoms with Gasteiger partial charge >= 0.3 is 0 Å². The Morgan fingerprint density at radius 3 is 2.47 bits per heavy atom. The average Bonchev–Trinajstić information content (AvgIpc) is 2.44. The van der Waals surface area contributed by atoms with E-state index in [9.17, 15) is 4.79 Å². The second kappa shape index (κ2) is 4.77. The first-order chi connectivity index (χ1) is 6.84. The van der Waals surface area contributed by atoms with Crippen molar-refractivity contribution in [2.24, 2.45) is 11.3 Å². The van der Waals surface area contributed by atoms with E-state index in [2.05, 4.69) is 31.8 Å². The summed E-state index contributed by atoms with van der Waals surface area (Å²) in [4.78, 5) is 11.8. The quantitative estimate of drug-likeness (QED) is 0.716. The minimum absolute atomic E-state index is 0.0910. The Bertz CT molecular complexity index is 238. The van der Waals surface area contributed by atoms with Crippen LogP contribution in [-0.4, -0.2) is 17.2 Å². The fourth-order valence-electron chi connectivity index (χ4n) is 2.15. The lowest BCUT2D eigenvalue weighted by atomic mass is 9.87. The summed E-state index contributed by atoms with van der Waals surface area (Å²) in [6.45, 7) is 8.51. The molecule has 1 aliphatic carbocycles. The molecule has 0 saturated heterocycles. The van der Waals surface area contributed by atoms with Gasteiger partial charge in [0.1, 0.15) is 0 Å². The predicted molar refractivity (Wildman–Crippen MR) is 67.2 cm³/mol. The zero-order valence-corrected chi connectivity index (χ0v) is 11.1. The Hall–Kier alpha value is -0.180. The fraction of sp³-hybridized carbons (Fsp3) is 0.917. The molecule has 0 aromatic rings. The zero-order chi connectivity index (χ0) is 11.6. The van der Waals surface area contributed by atoms with Gasteiger partial charge in [0.25, 0.3) is 0 Å². The van der Waals surface area contributed by atoms with E-state index in [1.807, 2.05) is 13.8 Å². The van der Waals surface area contributed by atoms with E-state index in [0.717, 1.165) is 6.42 Å². The molecule has 0 aliphatic heterocycles. The smallest absolute Gasteiger partial charge is 0.233 e. The van der Waals surface area contributed by atoms with Gasteiger partial charge < -0.3 is 5.32 Å². The van der Waals surface area contributed by atoms with Crippen LogP contribution < -0.4 is 5.32 Å². The standard InChI is InChI=1S/C12H23NOS/c1-8(2)10(15)11(14)13-9-6-5-7-12(9,3)4/h8-10,15H,5-7H2,1-4H3,(H,13,14). The average molecular weight is 229 g/mol. The third-order valence-corrected chi connectivity index (χ3v) is 4.30. The molecule has 1 N–H and O–H groups in total. The molecule has 1 saturated carbocycles. The van der Waals surface area contributed by atoms with E-state index in [-0.39, 0.29) is 22.5 Å². The number of amides is 1. The molecule has 2 atom stereocenters. The van der Waals surface area contributed by atoms with Crippen LogP contribution >= 0.6 is 12.6 Å². The largest absolute Gasteiger partial charge is 0.352 e. The van der Waals surface area contributed by atoms with Crippen molar-refractivity contribution in [1.29, 1.82) is 0 Å². The van der Waals surface area contributed by atoms with Gasteiger partial charge in [-0.25, -0.2) is 0 Å². The third kappa shape index (κ3) is 3.13. The number of nitrogens with one attached hydrogen (secondary N) is 1. The molecule has 3 heteroatoms. The second-order valence-electron chi connectivity index (χ2n) is 5.63. The van der Waals surface area contributed by atoms with E-state index < -0.39 is 0 Å². The molecule has 0 aromatic carbocycles. The van der Waals surface area contributed by atoms with Crippen LogP contribution in [0.5, 0.6) is 0 Å². The number of rotatable bonds is 3. The Morgan fingerprint density at radius 2 is 2.07 bits per heavy atom. The number of hydrogen-bond acceptors (Lipinski definition) is 2. The van der Waals surface area contributed by atoms with Crippen LogP contribution in [0.2, 0.25) is 0 Å². The molecule has 88 valence electrons. The highest BCUT2D eigenvalue weighted by atomic mass is 32.1. The molecule has 1 fully saturated rings. The number of carbonyl (C=O) groups is 1. The highest BCUT2D eigenvalue weighted by molar-refractivity contribution is 7.81. The van der Waals surface area contributed by atoms with Crippen LogP contribution in [0, 0.1) is 11.3 Å². The predicted octanol–water partition coefficient (Wildman–Crippen LogP) is 2.64. The summed E-state index contributed by atoms with van der Waals surface area (Å²) in [6.07, 6.45) is 3.53. The van der Waals surface area contributed by atoms with Gasteiger partial charge in [0.15, 0.2) is 0 Å². The monoisotopic (exact) mass is 229 g/mol. The Labute approximate surface area is 98.6 Å². The molecular weight excluding hydrogens is 206 g/mol. The van der Waals surface area contributed by atoms with Crippen molar-refractivity contribution in [2.75, 3.05) is 0 Å². The highest BCUT2D eigenvalue weighted by Crippen LogP contribution is 2.37. The van der Waals surface area contributed by atoms with Crippen LogP contribution in [0.15, 0.2) is 0 Å². The maximum absolute atomic E-state index is 11.8. The zero-order valence-electron chi connectivity index (χ0n) is 10.2. The van der Waals surface area contributed by atoms with Crippen molar-refractivity contribution in [2.45, 2.75) is 58.2 Å². The van der Waals surface area contributed by atoms with E-state index >= 15 is 0 Å².